The van der Waals surface area contributed by atoms with Gasteiger partial charge >= 0.3 is 0 Å². The Morgan fingerprint density at radius 2 is 2.00 bits per heavy atom. The van der Waals surface area contributed by atoms with Crippen molar-refractivity contribution in [1.82, 2.24) is 10.6 Å². The number of hydrogen-bond donors (Lipinski definition) is 2. The molecule has 1 fully saturated rings. The zero-order chi connectivity index (χ0) is 15.9. The van der Waals surface area contributed by atoms with Crippen LogP contribution in [0.1, 0.15) is 26.2 Å². The molecule has 118 valence electrons. The molecule has 0 aromatic heterocycles. The Bertz CT molecular complexity index is 544. The number of carbonyl (C=O) groups is 3. The predicted octanol–water partition coefficient (Wildman–Crippen LogP) is 0.808. The summed E-state index contributed by atoms with van der Waals surface area (Å²) in [7, 11) is 0. The number of ketones is 1. The highest BCUT2D eigenvalue weighted by molar-refractivity contribution is 5.93. The summed E-state index contributed by atoms with van der Waals surface area (Å²) in [4.78, 5) is 34.6. The average Bonchev–Trinajstić information content (AvgIpc) is 2.55. The van der Waals surface area contributed by atoms with Crippen molar-refractivity contribution in [3.05, 3.63) is 30.3 Å². The van der Waals surface area contributed by atoms with E-state index in [2.05, 4.69) is 10.6 Å². The number of hydrogen-bond acceptors (Lipinski definition) is 4. The Morgan fingerprint density at radius 1 is 1.27 bits per heavy atom. The molecule has 2 rings (SSSR count). The third-order valence-corrected chi connectivity index (χ3v) is 3.57. The number of carbonyl (C=O) groups excluding carboxylic acids is 3. The molecule has 1 saturated heterocycles. The molecule has 1 aliphatic heterocycles. The molecular weight excluding hydrogens is 284 g/mol. The van der Waals surface area contributed by atoms with E-state index >= 15 is 0 Å². The molecule has 2 N–H and O–H groups in total. The van der Waals surface area contributed by atoms with Crippen molar-refractivity contribution in [3.8, 4) is 5.75 Å². The second kappa shape index (κ2) is 7.59. The number of β-lactam (4-membered cyclic amide) rings is 1. The Balaban J connectivity index is 1.75. The Morgan fingerprint density at radius 3 is 2.64 bits per heavy atom. The van der Waals surface area contributed by atoms with E-state index in [1.54, 1.807) is 12.1 Å². The maximum absolute atomic E-state index is 11.8. The van der Waals surface area contributed by atoms with Gasteiger partial charge in [-0.05, 0) is 18.6 Å². The summed E-state index contributed by atoms with van der Waals surface area (Å²) in [6.07, 6.45) is 1.44. The van der Waals surface area contributed by atoms with Gasteiger partial charge < -0.3 is 15.4 Å². The van der Waals surface area contributed by atoms with E-state index in [9.17, 15) is 14.4 Å². The average molecular weight is 304 g/mol. The van der Waals surface area contributed by atoms with Gasteiger partial charge in [-0.25, -0.2) is 0 Å². The van der Waals surface area contributed by atoms with Crippen LogP contribution in [0.15, 0.2) is 30.3 Å². The quantitative estimate of drug-likeness (QED) is 0.696. The summed E-state index contributed by atoms with van der Waals surface area (Å²) in [5, 5.41) is 5.35. The molecule has 0 spiro atoms. The molecule has 1 aromatic rings. The van der Waals surface area contributed by atoms with E-state index in [0.29, 0.717) is 25.0 Å². The molecule has 1 heterocycles. The third kappa shape index (κ3) is 4.31. The lowest BCUT2D eigenvalue weighted by molar-refractivity contribution is -0.137. The molecule has 0 aliphatic carbocycles. The zero-order valence-electron chi connectivity index (χ0n) is 12.5. The van der Waals surface area contributed by atoms with Gasteiger partial charge in [-0.15, -0.1) is 0 Å². The largest absolute Gasteiger partial charge is 0.484 e. The molecule has 0 bridgehead atoms. The first-order valence-electron chi connectivity index (χ1n) is 7.39. The Hall–Kier alpha value is -2.37. The van der Waals surface area contributed by atoms with Crippen LogP contribution in [0, 0.1) is 0 Å². The summed E-state index contributed by atoms with van der Waals surface area (Å²) in [5.41, 5.74) is 0. The van der Waals surface area contributed by atoms with Crippen LogP contribution < -0.4 is 15.4 Å². The van der Waals surface area contributed by atoms with Crippen molar-refractivity contribution in [1.29, 1.82) is 0 Å². The second-order valence-corrected chi connectivity index (χ2v) is 5.19. The normalized spacial score (nSPS) is 19.8. The van der Waals surface area contributed by atoms with Crippen LogP contribution in [0.4, 0.5) is 0 Å². The molecule has 1 aliphatic rings. The second-order valence-electron chi connectivity index (χ2n) is 5.19. The number of rotatable bonds is 8. The fraction of sp³-hybridized carbons (Fsp3) is 0.438. The number of nitrogens with one attached hydrogen (secondary N) is 2. The molecule has 6 nitrogen and oxygen atoms in total. The Labute approximate surface area is 129 Å². The van der Waals surface area contributed by atoms with Gasteiger partial charge in [0.05, 0.1) is 6.04 Å². The molecule has 6 heteroatoms. The van der Waals surface area contributed by atoms with Gasteiger partial charge in [0.25, 0.3) is 5.91 Å². The first-order chi connectivity index (χ1) is 10.6. The highest BCUT2D eigenvalue weighted by Gasteiger charge is 2.39. The van der Waals surface area contributed by atoms with Crippen molar-refractivity contribution in [2.24, 2.45) is 0 Å². The van der Waals surface area contributed by atoms with E-state index in [0.717, 1.165) is 0 Å². The summed E-state index contributed by atoms with van der Waals surface area (Å²) < 4.78 is 5.33. The summed E-state index contributed by atoms with van der Waals surface area (Å²) in [5.74, 6) is 0.178. The third-order valence-electron chi connectivity index (χ3n) is 3.57. The lowest BCUT2D eigenvalue weighted by Crippen LogP contribution is -2.69. The van der Waals surface area contributed by atoms with E-state index in [-0.39, 0.29) is 30.2 Å². The maximum Gasteiger partial charge on any atom is 0.258 e. The van der Waals surface area contributed by atoms with Crippen molar-refractivity contribution in [3.63, 3.8) is 0 Å². The van der Waals surface area contributed by atoms with Gasteiger partial charge in [0.2, 0.25) is 5.91 Å². The fourth-order valence-electron chi connectivity index (χ4n) is 2.22. The van der Waals surface area contributed by atoms with E-state index in [1.165, 1.54) is 0 Å². The van der Waals surface area contributed by atoms with Crippen LogP contribution in [-0.2, 0) is 14.4 Å². The van der Waals surface area contributed by atoms with Crippen LogP contribution >= 0.6 is 0 Å². The van der Waals surface area contributed by atoms with Gasteiger partial charge in [-0.3, -0.25) is 14.4 Å². The van der Waals surface area contributed by atoms with Crippen molar-refractivity contribution in [2.75, 3.05) is 6.61 Å². The van der Waals surface area contributed by atoms with Gasteiger partial charge in [0.15, 0.2) is 6.61 Å². The van der Waals surface area contributed by atoms with Crippen LogP contribution in [0.5, 0.6) is 5.75 Å². The van der Waals surface area contributed by atoms with E-state index in [4.69, 9.17) is 4.74 Å². The molecule has 0 saturated carbocycles. The van der Waals surface area contributed by atoms with Crippen molar-refractivity contribution < 1.29 is 19.1 Å². The minimum absolute atomic E-state index is 0.144. The summed E-state index contributed by atoms with van der Waals surface area (Å²) >= 11 is 0. The summed E-state index contributed by atoms with van der Waals surface area (Å²) in [6.45, 7) is 1.66. The maximum atomic E-state index is 11.8. The number of ether oxygens (including phenoxy) is 1. The number of Topliss-reactive ketones (excluding diaryl/α,β-unsaturated/α-hetero) is 1. The molecule has 1 unspecified atom stereocenters. The predicted molar refractivity (Wildman–Crippen MR) is 80.3 cm³/mol. The first-order valence-corrected chi connectivity index (χ1v) is 7.39. The first kappa shape index (κ1) is 16.0. The Kier molecular flexibility index (Phi) is 5.52. The van der Waals surface area contributed by atoms with Crippen LogP contribution in [0.25, 0.3) is 0 Å². The van der Waals surface area contributed by atoms with Crippen molar-refractivity contribution in [2.45, 2.75) is 38.3 Å². The lowest BCUT2D eigenvalue weighted by Gasteiger charge is -2.37. The highest BCUT2D eigenvalue weighted by Crippen LogP contribution is 2.13. The van der Waals surface area contributed by atoms with Gasteiger partial charge in [-0.1, -0.05) is 25.1 Å². The minimum atomic E-state index is -0.573. The SMILES string of the molecule is CCC(=O)CC[C@H]1NC(=O)C1NC(=O)COc1ccccc1. The van der Waals surface area contributed by atoms with Crippen LogP contribution in [0.3, 0.4) is 0 Å². The topological polar surface area (TPSA) is 84.5 Å². The standard InChI is InChI=1S/C16H20N2O4/c1-2-11(19)8-9-13-15(16(21)17-13)18-14(20)10-22-12-6-4-3-5-7-12/h3-7,13,15H,2,8-10H2,1H3,(H,17,21)(H,18,20)/t13-,15?/m1/s1. The van der Waals surface area contributed by atoms with Gasteiger partial charge in [-0.2, -0.15) is 0 Å². The van der Waals surface area contributed by atoms with Crippen molar-refractivity contribution >= 4 is 17.6 Å². The molecule has 1 aromatic carbocycles. The number of para-hydroxylation sites is 1. The summed E-state index contributed by atoms with van der Waals surface area (Å²) in [6, 6.07) is 8.24. The molecule has 0 radical (unpaired) electrons. The van der Waals surface area contributed by atoms with Crippen LogP contribution in [0.2, 0.25) is 0 Å². The highest BCUT2D eigenvalue weighted by atomic mass is 16.5. The number of amides is 2. The minimum Gasteiger partial charge on any atom is -0.484 e. The monoisotopic (exact) mass is 304 g/mol. The number of benzene rings is 1. The van der Waals surface area contributed by atoms with E-state index in [1.807, 2.05) is 25.1 Å². The van der Waals surface area contributed by atoms with Crippen LogP contribution in [-0.4, -0.2) is 36.3 Å². The molecule has 22 heavy (non-hydrogen) atoms. The molecular formula is C16H20N2O4. The zero-order valence-corrected chi connectivity index (χ0v) is 12.5. The smallest absolute Gasteiger partial charge is 0.258 e. The van der Waals surface area contributed by atoms with Gasteiger partial charge in [0.1, 0.15) is 17.6 Å². The van der Waals surface area contributed by atoms with E-state index < -0.39 is 6.04 Å². The van der Waals surface area contributed by atoms with Gasteiger partial charge in [0, 0.05) is 12.8 Å². The molecule has 2 amide bonds. The molecule has 2 atom stereocenters. The lowest BCUT2D eigenvalue weighted by atomic mass is 9.93. The fourth-order valence-corrected chi connectivity index (χ4v) is 2.22.